The highest BCUT2D eigenvalue weighted by molar-refractivity contribution is 7.12. The summed E-state index contributed by atoms with van der Waals surface area (Å²) in [5, 5.41) is 10.3. The number of hydrogen-bond donors (Lipinski definition) is 0. The van der Waals surface area contributed by atoms with Gasteiger partial charge in [0.05, 0.1) is 16.3 Å². The van der Waals surface area contributed by atoms with E-state index in [9.17, 15) is 14.4 Å². The Labute approximate surface area is 182 Å². The first kappa shape index (κ1) is 20.7. The molecule has 1 aromatic carbocycles. The van der Waals surface area contributed by atoms with Gasteiger partial charge in [0, 0.05) is 26.2 Å². The Morgan fingerprint density at radius 1 is 0.968 bits per heavy atom. The van der Waals surface area contributed by atoms with Crippen molar-refractivity contribution in [1.82, 2.24) is 24.8 Å². The average molecular weight is 439 g/mol. The summed E-state index contributed by atoms with van der Waals surface area (Å²) < 4.78 is 5.18. The third-order valence-corrected chi connectivity index (χ3v) is 5.80. The molecule has 10 heteroatoms. The van der Waals surface area contributed by atoms with Crippen molar-refractivity contribution in [1.29, 1.82) is 0 Å². The summed E-state index contributed by atoms with van der Waals surface area (Å²) in [7, 11) is 0. The number of esters is 1. The molecule has 0 radical (unpaired) electrons. The highest BCUT2D eigenvalue weighted by atomic mass is 32.1. The molecule has 1 aliphatic heterocycles. The molecule has 0 saturated carbocycles. The SMILES string of the molecule is Cc1nn(-c2ccccc2)nc1C(=O)OCC(=O)N1CCN(C(=O)c2cccs2)CC1. The fourth-order valence-electron chi connectivity index (χ4n) is 3.25. The van der Waals surface area contributed by atoms with Crippen LogP contribution in [0.1, 0.15) is 25.9 Å². The van der Waals surface area contributed by atoms with Crippen LogP contribution in [0.2, 0.25) is 0 Å². The molecule has 0 unspecified atom stereocenters. The van der Waals surface area contributed by atoms with Gasteiger partial charge in [-0.2, -0.15) is 9.90 Å². The van der Waals surface area contributed by atoms with Crippen molar-refractivity contribution < 1.29 is 19.1 Å². The number of carbonyl (C=O) groups excluding carboxylic acids is 3. The number of benzene rings is 1. The molecular formula is C21H21N5O4S. The number of aryl methyl sites for hydroxylation is 1. The van der Waals surface area contributed by atoms with E-state index in [0.717, 1.165) is 5.69 Å². The fraction of sp³-hybridized carbons (Fsp3) is 0.286. The number of thiophene rings is 1. The van der Waals surface area contributed by atoms with Gasteiger partial charge in [0.1, 0.15) is 0 Å². The van der Waals surface area contributed by atoms with Gasteiger partial charge in [-0.3, -0.25) is 9.59 Å². The Morgan fingerprint density at radius 3 is 2.35 bits per heavy atom. The average Bonchev–Trinajstić information content (AvgIpc) is 3.48. The van der Waals surface area contributed by atoms with Gasteiger partial charge < -0.3 is 14.5 Å². The second kappa shape index (κ2) is 9.09. The molecule has 0 spiro atoms. The molecule has 31 heavy (non-hydrogen) atoms. The van der Waals surface area contributed by atoms with E-state index in [1.807, 2.05) is 41.8 Å². The molecule has 0 bridgehead atoms. The van der Waals surface area contributed by atoms with Crippen molar-refractivity contribution in [2.75, 3.05) is 32.8 Å². The summed E-state index contributed by atoms with van der Waals surface area (Å²) in [5.74, 6) is -1.02. The highest BCUT2D eigenvalue weighted by Crippen LogP contribution is 2.14. The van der Waals surface area contributed by atoms with Gasteiger partial charge in [-0.25, -0.2) is 4.79 Å². The van der Waals surface area contributed by atoms with E-state index >= 15 is 0 Å². The predicted octanol–water partition coefficient (Wildman–Crippen LogP) is 1.78. The molecule has 3 heterocycles. The summed E-state index contributed by atoms with van der Waals surface area (Å²) in [6.07, 6.45) is 0. The first-order valence-corrected chi connectivity index (χ1v) is 10.7. The normalized spacial score (nSPS) is 13.8. The number of piperazine rings is 1. The minimum Gasteiger partial charge on any atom is -0.451 e. The minimum absolute atomic E-state index is 0.0227. The van der Waals surface area contributed by atoms with E-state index in [0.29, 0.717) is 36.8 Å². The van der Waals surface area contributed by atoms with Crippen molar-refractivity contribution >= 4 is 29.1 Å². The van der Waals surface area contributed by atoms with E-state index in [1.165, 1.54) is 16.1 Å². The van der Waals surface area contributed by atoms with Crippen LogP contribution in [0.4, 0.5) is 0 Å². The lowest BCUT2D eigenvalue weighted by molar-refractivity contribution is -0.136. The summed E-state index contributed by atoms with van der Waals surface area (Å²) in [6, 6.07) is 12.8. The molecule has 3 aromatic rings. The number of nitrogens with zero attached hydrogens (tertiary/aromatic N) is 5. The van der Waals surface area contributed by atoms with Crippen LogP contribution in [-0.2, 0) is 9.53 Å². The van der Waals surface area contributed by atoms with Gasteiger partial charge in [0.25, 0.3) is 11.8 Å². The molecular weight excluding hydrogens is 418 g/mol. The van der Waals surface area contributed by atoms with Crippen molar-refractivity contribution in [2.45, 2.75) is 6.92 Å². The number of aromatic nitrogens is 3. The van der Waals surface area contributed by atoms with Gasteiger partial charge in [-0.1, -0.05) is 24.3 Å². The van der Waals surface area contributed by atoms with Gasteiger partial charge in [-0.05, 0) is 30.5 Å². The monoisotopic (exact) mass is 439 g/mol. The smallest absolute Gasteiger partial charge is 0.361 e. The van der Waals surface area contributed by atoms with E-state index in [-0.39, 0.29) is 24.1 Å². The maximum absolute atomic E-state index is 12.5. The van der Waals surface area contributed by atoms with E-state index < -0.39 is 5.97 Å². The number of amides is 2. The van der Waals surface area contributed by atoms with Crippen LogP contribution < -0.4 is 0 Å². The Morgan fingerprint density at radius 2 is 1.68 bits per heavy atom. The number of hydrogen-bond acceptors (Lipinski definition) is 7. The van der Waals surface area contributed by atoms with Gasteiger partial charge in [0.15, 0.2) is 12.3 Å². The molecule has 0 N–H and O–H groups in total. The van der Waals surface area contributed by atoms with Crippen molar-refractivity contribution in [3.63, 3.8) is 0 Å². The molecule has 1 saturated heterocycles. The Balaban J connectivity index is 1.29. The van der Waals surface area contributed by atoms with Crippen LogP contribution in [0, 0.1) is 6.92 Å². The Bertz CT molecular complexity index is 1070. The maximum atomic E-state index is 12.5. The second-order valence-corrected chi connectivity index (χ2v) is 7.93. The molecule has 1 fully saturated rings. The molecule has 9 nitrogen and oxygen atoms in total. The number of carbonyl (C=O) groups is 3. The molecule has 1 aliphatic rings. The van der Waals surface area contributed by atoms with Crippen molar-refractivity contribution in [3.8, 4) is 5.69 Å². The van der Waals surface area contributed by atoms with Crippen LogP contribution in [-0.4, -0.2) is 75.4 Å². The fourth-order valence-corrected chi connectivity index (χ4v) is 3.94. The van der Waals surface area contributed by atoms with Crippen LogP contribution in [0.3, 0.4) is 0 Å². The van der Waals surface area contributed by atoms with E-state index in [4.69, 9.17) is 4.74 Å². The number of ether oxygens (including phenoxy) is 1. The van der Waals surface area contributed by atoms with Gasteiger partial charge in [-0.15, -0.1) is 16.4 Å². The van der Waals surface area contributed by atoms with Crippen molar-refractivity contribution in [2.24, 2.45) is 0 Å². The largest absolute Gasteiger partial charge is 0.451 e. The number of para-hydroxylation sites is 1. The lowest BCUT2D eigenvalue weighted by Gasteiger charge is -2.34. The third kappa shape index (κ3) is 4.64. The second-order valence-electron chi connectivity index (χ2n) is 6.99. The van der Waals surface area contributed by atoms with E-state index in [1.54, 1.807) is 22.8 Å². The quantitative estimate of drug-likeness (QED) is 0.562. The summed E-state index contributed by atoms with van der Waals surface area (Å²) in [4.78, 5) is 42.6. The van der Waals surface area contributed by atoms with Crippen LogP contribution in [0.15, 0.2) is 47.8 Å². The lowest BCUT2D eigenvalue weighted by Crippen LogP contribution is -2.51. The summed E-state index contributed by atoms with van der Waals surface area (Å²) in [6.45, 7) is 2.97. The Kier molecular flexibility index (Phi) is 6.08. The molecule has 160 valence electrons. The zero-order valence-corrected chi connectivity index (χ0v) is 17.7. The maximum Gasteiger partial charge on any atom is 0.361 e. The third-order valence-electron chi connectivity index (χ3n) is 4.94. The molecule has 4 rings (SSSR count). The topological polar surface area (TPSA) is 97.6 Å². The van der Waals surface area contributed by atoms with Crippen LogP contribution in [0.25, 0.3) is 5.69 Å². The highest BCUT2D eigenvalue weighted by Gasteiger charge is 2.26. The van der Waals surface area contributed by atoms with Crippen LogP contribution >= 0.6 is 11.3 Å². The minimum atomic E-state index is -0.695. The van der Waals surface area contributed by atoms with Gasteiger partial charge >= 0.3 is 5.97 Å². The Hall–Kier alpha value is -3.53. The first-order chi connectivity index (χ1) is 15.0. The molecule has 0 aliphatic carbocycles. The zero-order chi connectivity index (χ0) is 21.8. The zero-order valence-electron chi connectivity index (χ0n) is 16.9. The summed E-state index contributed by atoms with van der Waals surface area (Å²) in [5.41, 5.74) is 1.21. The standard InChI is InChI=1S/C21H21N5O4S/c1-15-19(23-26(22-15)16-6-3-2-4-7-16)21(29)30-14-18(27)24-9-11-25(12-10-24)20(28)17-8-5-13-31-17/h2-8,13H,9-12,14H2,1H3. The first-order valence-electron chi connectivity index (χ1n) is 9.80. The molecule has 2 aromatic heterocycles. The molecule has 2 amide bonds. The van der Waals surface area contributed by atoms with E-state index in [2.05, 4.69) is 10.2 Å². The van der Waals surface area contributed by atoms with Crippen LogP contribution in [0.5, 0.6) is 0 Å². The van der Waals surface area contributed by atoms with Gasteiger partial charge in [0.2, 0.25) is 0 Å². The number of rotatable bonds is 5. The lowest BCUT2D eigenvalue weighted by atomic mass is 10.3. The summed E-state index contributed by atoms with van der Waals surface area (Å²) >= 11 is 1.40. The van der Waals surface area contributed by atoms with Crippen molar-refractivity contribution in [3.05, 3.63) is 64.1 Å². The molecule has 0 atom stereocenters. The predicted molar refractivity (Wildman–Crippen MR) is 113 cm³/mol.